The van der Waals surface area contributed by atoms with Crippen molar-refractivity contribution in [1.82, 2.24) is 78.1 Å². The van der Waals surface area contributed by atoms with Crippen LogP contribution in [0.4, 0.5) is 0 Å². The van der Waals surface area contributed by atoms with Gasteiger partial charge in [-0.3, -0.25) is 39.1 Å². The molecule has 9 aromatic carbocycles. The normalized spacial score (nSPS) is 12.0. The Hall–Kier alpha value is -13.9. The first-order valence-electron chi connectivity index (χ1n) is 42.2. The summed E-state index contributed by atoms with van der Waals surface area (Å²) in [7, 11) is 0. The number of hydrogen-bond acceptors (Lipinski definition) is 16. The highest BCUT2D eigenvalue weighted by molar-refractivity contribution is 5.86. The molecule has 8 heterocycles. The minimum absolute atomic E-state index is 0.178. The second-order valence-corrected chi connectivity index (χ2v) is 33.3. The molecule has 626 valence electrons. The molecule has 2 atom stereocenters. The van der Waals surface area contributed by atoms with Gasteiger partial charge in [-0.05, 0) is 233 Å². The number of hydrogen-bond donors (Lipinski definition) is 4. The molecule has 0 bridgehead atoms. The minimum Gasteiger partial charge on any atom is -0.322 e. The number of benzene rings is 9. The lowest BCUT2D eigenvalue weighted by atomic mass is 9.90. The highest BCUT2D eigenvalue weighted by Gasteiger charge is 2.27. The zero-order valence-electron chi connectivity index (χ0n) is 71.6. The van der Waals surface area contributed by atoms with E-state index in [9.17, 15) is 38.4 Å². The molecule has 0 saturated carbocycles. The molecule has 9 aromatic rings. The lowest BCUT2D eigenvalue weighted by Crippen LogP contribution is -2.30. The monoisotopic (exact) mass is 1640 g/mol. The molecule has 0 amide bonds. The number of H-pyrrole nitrogens is 4. The van der Waals surface area contributed by atoms with Gasteiger partial charge in [0.2, 0.25) is 0 Å². The standard InChI is InChI=1S/C26H22N4O2.C25H28N4O2.2C24H26N4O2/c1-17-9-11-18(12-10-17)6-5-15-30-22-14-13-20(19-7-3-2-4-8-19)16-21(22)27-23-24(30)28-26(32)29-25(23)31;1-15(2)10-19(13-18-8-6-5-7-9-18)14-29-21-12-17(4)16(3)11-20(21)26-22-23(29)27-25(31)28-24(22)30;1-15(2)13-18-10-11-20-19(14-18)25-21-22(26-24(30)27-23(21)29)28(20)12-4-5-17-8-6-16(3)7-9-17;1-5-18-12-19-20(11-16(18)4)28(22-21(25-19)23(29)27-24(30)26-22)13-15(3)10-17-8-6-14(2)7-9-17/h2-4,7-14,16H,5-6,15H2,1H3,(H,29,31,32);5-9,11-12,15,19H,10,13-14H2,1-4H3,(H,28,30,31);6-11,14-15H,4-5,12-13H2,1-3H3,(H,27,29,30);6-9,11-12,15H,5,10,13H2,1-4H3,(H,27,29,30). The van der Waals surface area contributed by atoms with Crippen LogP contribution in [-0.2, 0) is 64.7 Å². The molecule has 0 spiro atoms. The molecule has 123 heavy (non-hydrogen) atoms. The quantitative estimate of drug-likeness (QED) is 0.0458. The summed E-state index contributed by atoms with van der Waals surface area (Å²) in [5.74, 6) is 3.00. The number of nitrogens with zero attached hydrogens (tertiary/aromatic N) is 12. The molecule has 24 nitrogen and oxygen atoms in total. The summed E-state index contributed by atoms with van der Waals surface area (Å²) in [6.07, 6.45) is 8.13. The van der Waals surface area contributed by atoms with Gasteiger partial charge in [-0.25, -0.2) is 39.1 Å². The highest BCUT2D eigenvalue weighted by atomic mass is 16.2. The van der Waals surface area contributed by atoms with Gasteiger partial charge in [0.05, 0.1) is 44.1 Å². The molecule has 0 radical (unpaired) electrons. The van der Waals surface area contributed by atoms with Crippen LogP contribution >= 0.6 is 0 Å². The molecule has 0 saturated heterocycles. The van der Waals surface area contributed by atoms with E-state index >= 15 is 0 Å². The molecule has 24 heteroatoms. The first-order valence-corrected chi connectivity index (χ1v) is 42.2. The van der Waals surface area contributed by atoms with Crippen molar-refractivity contribution in [1.29, 1.82) is 0 Å². The van der Waals surface area contributed by atoms with E-state index in [0.29, 0.717) is 72.7 Å². The predicted octanol–water partition coefficient (Wildman–Crippen LogP) is 15.7. The van der Waals surface area contributed by atoms with Gasteiger partial charge in [-0.15, -0.1) is 0 Å². The molecule has 0 fully saturated rings. The molecular weight excluding hydrogens is 1540 g/mol. The summed E-state index contributed by atoms with van der Waals surface area (Å²) in [5.41, 5.74) is 19.3. The predicted molar refractivity (Wildman–Crippen MR) is 488 cm³/mol. The third-order valence-corrected chi connectivity index (χ3v) is 22.5. The molecule has 0 aliphatic carbocycles. The first-order chi connectivity index (χ1) is 59.1. The Balaban J connectivity index is 0.000000134. The summed E-state index contributed by atoms with van der Waals surface area (Å²) in [5, 5.41) is 0. The summed E-state index contributed by atoms with van der Waals surface area (Å²) in [6.45, 7) is 28.0. The third kappa shape index (κ3) is 20.4. The molecule has 17 rings (SSSR count). The van der Waals surface area contributed by atoms with E-state index in [4.69, 9.17) is 0 Å². The van der Waals surface area contributed by atoms with Gasteiger partial charge in [-0.2, -0.15) is 19.9 Å². The fourth-order valence-corrected chi connectivity index (χ4v) is 16.3. The average Bonchev–Trinajstić information content (AvgIpc) is 0.776. The van der Waals surface area contributed by atoms with Crippen LogP contribution in [0.3, 0.4) is 0 Å². The van der Waals surface area contributed by atoms with Crippen LogP contribution in [0.1, 0.15) is 128 Å². The van der Waals surface area contributed by atoms with Crippen molar-refractivity contribution in [3.63, 3.8) is 0 Å². The smallest absolute Gasteiger partial charge is 0.322 e. The van der Waals surface area contributed by atoms with Gasteiger partial charge in [0.15, 0.2) is 46.1 Å². The Morgan fingerprint density at radius 2 is 0.715 bits per heavy atom. The highest BCUT2D eigenvalue weighted by Crippen LogP contribution is 2.33. The van der Waals surface area contributed by atoms with Gasteiger partial charge in [0.1, 0.15) is 0 Å². The van der Waals surface area contributed by atoms with Crippen LogP contribution in [0.5, 0.6) is 0 Å². The molecular formula is C99H102N16O8. The molecule has 4 N–H and O–H groups in total. The largest absolute Gasteiger partial charge is 0.349 e. The van der Waals surface area contributed by atoms with Gasteiger partial charge < -0.3 is 18.3 Å². The molecule has 2 unspecified atom stereocenters. The molecule has 8 aliphatic rings. The number of rotatable bonds is 22. The Labute approximate surface area is 710 Å². The Morgan fingerprint density at radius 3 is 1.18 bits per heavy atom. The van der Waals surface area contributed by atoms with Crippen LogP contribution < -0.4 is 45.0 Å². The Kier molecular flexibility index (Phi) is 26.3. The van der Waals surface area contributed by atoms with E-state index in [0.717, 1.165) is 119 Å². The summed E-state index contributed by atoms with van der Waals surface area (Å²) in [4.78, 5) is 141. The van der Waals surface area contributed by atoms with E-state index in [1.165, 1.54) is 55.6 Å². The van der Waals surface area contributed by atoms with Crippen molar-refractivity contribution in [2.24, 2.45) is 23.7 Å². The zero-order chi connectivity index (χ0) is 86.9. The Morgan fingerprint density at radius 1 is 0.325 bits per heavy atom. The SMILES string of the molecule is CCc1cc2nc3c(=O)[nH]c(=O)nc-3n(CC(C)Cc3ccc(C)cc3)c2cc1C.Cc1cc2nc3c(=O)[nH]c(=O)nc-3n(CC(Cc3ccccc3)CC(C)C)c2cc1C.Cc1ccc(CCCn2c3nc(=O)[nH]c(=O)c-3nc3cc(-c4ccccc4)ccc32)cc1.Cc1ccc(CCCn2c3nc(=O)[nH]c(=O)c-3nc3cc(CC(C)C)ccc32)cc1. The van der Waals surface area contributed by atoms with Crippen LogP contribution in [0, 0.1) is 65.2 Å². The van der Waals surface area contributed by atoms with E-state index in [1.54, 1.807) is 0 Å². The van der Waals surface area contributed by atoms with Crippen LogP contribution in [0.2, 0.25) is 0 Å². The fourth-order valence-electron chi connectivity index (χ4n) is 16.3. The van der Waals surface area contributed by atoms with Crippen molar-refractivity contribution < 1.29 is 0 Å². The molecule has 8 aliphatic heterocycles. The lowest BCUT2D eigenvalue weighted by Gasteiger charge is -2.24. The second-order valence-electron chi connectivity index (χ2n) is 33.3. The minimum atomic E-state index is -0.656. The van der Waals surface area contributed by atoms with E-state index in [-0.39, 0.29) is 28.7 Å². The van der Waals surface area contributed by atoms with E-state index < -0.39 is 45.0 Å². The number of fused-ring (bicyclic) bond motifs is 8. The van der Waals surface area contributed by atoms with Gasteiger partial charge >= 0.3 is 22.8 Å². The van der Waals surface area contributed by atoms with Crippen molar-refractivity contribution >= 4 is 44.1 Å². The van der Waals surface area contributed by atoms with Crippen molar-refractivity contribution in [3.8, 4) is 57.2 Å². The van der Waals surface area contributed by atoms with Crippen LogP contribution in [-0.4, -0.2) is 78.1 Å². The maximum absolute atomic E-state index is 12.5. The van der Waals surface area contributed by atoms with Crippen molar-refractivity contribution in [2.75, 3.05) is 0 Å². The lowest BCUT2D eigenvalue weighted by molar-refractivity contribution is 0.363. The fraction of sp³-hybridized carbons (Fsp3) is 0.293. The number of aryl methyl sites for hydroxylation is 11. The van der Waals surface area contributed by atoms with Gasteiger partial charge in [0.25, 0.3) is 22.2 Å². The third-order valence-electron chi connectivity index (χ3n) is 22.5. The second kappa shape index (κ2) is 37.8. The van der Waals surface area contributed by atoms with Gasteiger partial charge in [-0.1, -0.05) is 204 Å². The van der Waals surface area contributed by atoms with Crippen molar-refractivity contribution in [3.05, 3.63) is 344 Å². The maximum atomic E-state index is 12.5. The maximum Gasteiger partial charge on any atom is 0.349 e. The van der Waals surface area contributed by atoms with Crippen LogP contribution in [0.25, 0.3) is 101 Å². The van der Waals surface area contributed by atoms with Crippen molar-refractivity contribution in [2.45, 2.75) is 167 Å². The van der Waals surface area contributed by atoms with E-state index in [2.05, 4.69) is 251 Å². The number of nitrogens with one attached hydrogen (secondary N) is 4. The average molecular weight is 1640 g/mol. The van der Waals surface area contributed by atoms with E-state index in [1.807, 2.05) is 104 Å². The zero-order valence-corrected chi connectivity index (χ0v) is 71.6. The number of aromatic nitrogens is 16. The summed E-state index contributed by atoms with van der Waals surface area (Å²) >= 11 is 0. The van der Waals surface area contributed by atoms with Crippen LogP contribution in [0.15, 0.2) is 232 Å². The van der Waals surface area contributed by atoms with Gasteiger partial charge in [0, 0.05) is 26.2 Å². The summed E-state index contributed by atoms with van der Waals surface area (Å²) in [6, 6.07) is 66.3. The number of aromatic amines is 4. The first kappa shape index (κ1) is 85.5. The Bertz CT molecular complexity index is 7050. The topological polar surface area (TPSA) is 323 Å². The summed E-state index contributed by atoms with van der Waals surface area (Å²) < 4.78 is 7.91. The molecule has 0 aromatic heterocycles.